The van der Waals surface area contributed by atoms with Gasteiger partial charge in [-0.1, -0.05) is 6.42 Å². The third-order valence-electron chi connectivity index (χ3n) is 5.02. The molecule has 2 bridgehead atoms. The second-order valence-electron chi connectivity index (χ2n) is 6.21. The molecule has 3 atom stereocenters. The number of hydrogen-bond acceptors (Lipinski definition) is 4. The molecular formula is C16H17N3O2. The van der Waals surface area contributed by atoms with E-state index < -0.39 is 0 Å². The van der Waals surface area contributed by atoms with E-state index in [1.807, 2.05) is 0 Å². The van der Waals surface area contributed by atoms with Crippen LogP contribution in [0.2, 0.25) is 0 Å². The number of nitro groups is 1. The first-order valence-electron chi connectivity index (χ1n) is 7.51. The van der Waals surface area contributed by atoms with E-state index in [0.717, 1.165) is 17.5 Å². The van der Waals surface area contributed by atoms with Crippen molar-refractivity contribution in [1.82, 2.24) is 4.98 Å². The van der Waals surface area contributed by atoms with Crippen LogP contribution in [0.5, 0.6) is 0 Å². The molecule has 2 fully saturated rings. The monoisotopic (exact) mass is 283 g/mol. The Morgan fingerprint density at radius 1 is 1.24 bits per heavy atom. The first-order chi connectivity index (χ1) is 10.2. The highest BCUT2D eigenvalue weighted by atomic mass is 16.6. The van der Waals surface area contributed by atoms with Gasteiger partial charge in [-0.15, -0.1) is 0 Å². The first-order valence-corrected chi connectivity index (χ1v) is 7.51. The molecule has 1 aromatic heterocycles. The first kappa shape index (κ1) is 12.6. The van der Waals surface area contributed by atoms with Crippen LogP contribution in [0.15, 0.2) is 30.5 Å². The lowest BCUT2D eigenvalue weighted by atomic mass is 9.95. The molecule has 21 heavy (non-hydrogen) atoms. The van der Waals surface area contributed by atoms with Gasteiger partial charge >= 0.3 is 0 Å². The minimum atomic E-state index is -0.342. The predicted molar refractivity (Wildman–Crippen MR) is 81.3 cm³/mol. The number of pyridine rings is 1. The van der Waals surface area contributed by atoms with Gasteiger partial charge in [0.05, 0.1) is 16.0 Å². The molecule has 3 unspecified atom stereocenters. The van der Waals surface area contributed by atoms with E-state index in [4.69, 9.17) is 0 Å². The Morgan fingerprint density at radius 2 is 2.14 bits per heavy atom. The van der Waals surface area contributed by atoms with E-state index in [-0.39, 0.29) is 10.6 Å². The highest BCUT2D eigenvalue weighted by Gasteiger charge is 2.39. The number of aromatic nitrogens is 1. The van der Waals surface area contributed by atoms with Gasteiger partial charge in [0.2, 0.25) is 0 Å². The summed E-state index contributed by atoms with van der Waals surface area (Å²) in [6.45, 7) is 0. The van der Waals surface area contributed by atoms with Crippen LogP contribution in [0, 0.1) is 22.0 Å². The maximum absolute atomic E-state index is 11.1. The van der Waals surface area contributed by atoms with E-state index in [0.29, 0.717) is 16.9 Å². The van der Waals surface area contributed by atoms with Crippen molar-refractivity contribution in [3.8, 4) is 0 Å². The summed E-state index contributed by atoms with van der Waals surface area (Å²) in [5.74, 6) is 1.62. The van der Waals surface area contributed by atoms with Crippen molar-refractivity contribution in [3.05, 3.63) is 40.6 Å². The standard InChI is InChI=1S/C16H17N3O2/c20-19(21)15-6-5-13(16-12(15)2-1-7-17-16)18-14-9-10-3-4-11(14)8-10/h1-2,5-7,10-11,14,18H,3-4,8-9H2. The smallest absolute Gasteiger partial charge is 0.278 e. The van der Waals surface area contributed by atoms with Gasteiger partial charge in [0.25, 0.3) is 5.69 Å². The number of nitrogens with zero attached hydrogens (tertiary/aromatic N) is 2. The highest BCUT2D eigenvalue weighted by molar-refractivity contribution is 5.96. The summed E-state index contributed by atoms with van der Waals surface area (Å²) in [5, 5.41) is 15.3. The van der Waals surface area contributed by atoms with Crippen LogP contribution in [0.1, 0.15) is 25.7 Å². The zero-order chi connectivity index (χ0) is 14.4. The van der Waals surface area contributed by atoms with E-state index >= 15 is 0 Å². The third-order valence-corrected chi connectivity index (χ3v) is 5.02. The quantitative estimate of drug-likeness (QED) is 0.688. The van der Waals surface area contributed by atoms with Crippen LogP contribution in [0.4, 0.5) is 11.4 Å². The number of fused-ring (bicyclic) bond motifs is 3. The van der Waals surface area contributed by atoms with Crippen LogP contribution in [-0.4, -0.2) is 15.9 Å². The number of anilines is 1. The van der Waals surface area contributed by atoms with Crippen molar-refractivity contribution in [2.75, 3.05) is 5.32 Å². The minimum absolute atomic E-state index is 0.122. The zero-order valence-corrected chi connectivity index (χ0v) is 11.7. The Bertz CT molecular complexity index is 716. The van der Waals surface area contributed by atoms with Crippen LogP contribution < -0.4 is 5.32 Å². The Kier molecular flexibility index (Phi) is 2.80. The van der Waals surface area contributed by atoms with Gasteiger partial charge in [-0.2, -0.15) is 0 Å². The lowest BCUT2D eigenvalue weighted by Gasteiger charge is -2.24. The molecule has 1 N–H and O–H groups in total. The molecule has 1 aromatic carbocycles. The van der Waals surface area contributed by atoms with Crippen molar-refractivity contribution in [2.45, 2.75) is 31.7 Å². The molecule has 1 heterocycles. The largest absolute Gasteiger partial charge is 0.380 e. The molecule has 0 spiro atoms. The molecule has 0 amide bonds. The summed E-state index contributed by atoms with van der Waals surface area (Å²) in [4.78, 5) is 15.2. The normalized spacial score (nSPS) is 27.1. The second-order valence-corrected chi connectivity index (χ2v) is 6.21. The lowest BCUT2D eigenvalue weighted by Crippen LogP contribution is -2.26. The number of nitro benzene ring substituents is 1. The minimum Gasteiger partial charge on any atom is -0.380 e. The zero-order valence-electron chi connectivity index (χ0n) is 11.7. The molecule has 4 rings (SSSR count). The molecule has 0 aliphatic heterocycles. The molecule has 0 saturated heterocycles. The summed E-state index contributed by atoms with van der Waals surface area (Å²) in [7, 11) is 0. The van der Waals surface area contributed by atoms with Gasteiger partial charge in [-0.05, 0) is 49.3 Å². The van der Waals surface area contributed by atoms with Gasteiger partial charge in [0, 0.05) is 18.3 Å². The maximum Gasteiger partial charge on any atom is 0.278 e. The number of nitrogens with one attached hydrogen (secondary N) is 1. The Labute approximate surface area is 122 Å². The van der Waals surface area contributed by atoms with Crippen LogP contribution in [-0.2, 0) is 0 Å². The molecule has 2 saturated carbocycles. The summed E-state index contributed by atoms with van der Waals surface area (Å²) in [5.41, 5.74) is 1.75. The molecule has 0 radical (unpaired) electrons. The van der Waals surface area contributed by atoms with Crippen molar-refractivity contribution in [1.29, 1.82) is 0 Å². The molecule has 2 aromatic rings. The average Bonchev–Trinajstić information content (AvgIpc) is 3.10. The molecule has 108 valence electrons. The number of non-ortho nitro benzene ring substituents is 1. The fraction of sp³-hybridized carbons (Fsp3) is 0.438. The Hall–Kier alpha value is -2.17. The Balaban J connectivity index is 1.72. The number of hydrogen-bond donors (Lipinski definition) is 1. The number of rotatable bonds is 3. The fourth-order valence-electron chi connectivity index (χ4n) is 4.05. The van der Waals surface area contributed by atoms with Gasteiger partial charge in [0.15, 0.2) is 0 Å². The predicted octanol–water partition coefficient (Wildman–Crippen LogP) is 3.74. The average molecular weight is 283 g/mol. The van der Waals surface area contributed by atoms with Crippen LogP contribution in [0.3, 0.4) is 0 Å². The SMILES string of the molecule is O=[N+]([O-])c1ccc(NC2CC3CCC2C3)c2ncccc12. The molecule has 5 heteroatoms. The summed E-state index contributed by atoms with van der Waals surface area (Å²) < 4.78 is 0. The number of benzene rings is 1. The van der Waals surface area contributed by atoms with E-state index in [1.165, 1.54) is 25.7 Å². The third kappa shape index (κ3) is 2.04. The summed E-state index contributed by atoms with van der Waals surface area (Å²) >= 11 is 0. The topological polar surface area (TPSA) is 68.1 Å². The van der Waals surface area contributed by atoms with Crippen molar-refractivity contribution >= 4 is 22.3 Å². The summed E-state index contributed by atoms with van der Waals surface area (Å²) in [6, 6.07) is 7.40. The molecule has 2 aliphatic rings. The van der Waals surface area contributed by atoms with Gasteiger partial charge in [-0.25, -0.2) is 0 Å². The molecular weight excluding hydrogens is 266 g/mol. The molecule has 5 nitrogen and oxygen atoms in total. The second kappa shape index (κ2) is 4.69. The van der Waals surface area contributed by atoms with Crippen molar-refractivity contribution < 1.29 is 4.92 Å². The fourth-order valence-corrected chi connectivity index (χ4v) is 4.05. The van der Waals surface area contributed by atoms with Crippen molar-refractivity contribution in [3.63, 3.8) is 0 Å². The molecule has 2 aliphatic carbocycles. The van der Waals surface area contributed by atoms with Crippen LogP contribution >= 0.6 is 0 Å². The maximum atomic E-state index is 11.1. The van der Waals surface area contributed by atoms with E-state index in [1.54, 1.807) is 30.5 Å². The van der Waals surface area contributed by atoms with Gasteiger partial charge in [-0.3, -0.25) is 15.1 Å². The highest BCUT2D eigenvalue weighted by Crippen LogP contribution is 2.46. The van der Waals surface area contributed by atoms with Crippen LogP contribution in [0.25, 0.3) is 10.9 Å². The van der Waals surface area contributed by atoms with Gasteiger partial charge in [0.1, 0.15) is 5.52 Å². The van der Waals surface area contributed by atoms with Crippen molar-refractivity contribution in [2.24, 2.45) is 11.8 Å². The summed E-state index contributed by atoms with van der Waals surface area (Å²) in [6.07, 6.45) is 6.91. The lowest BCUT2D eigenvalue weighted by molar-refractivity contribution is -0.383. The van der Waals surface area contributed by atoms with E-state index in [2.05, 4.69) is 10.3 Å². The van der Waals surface area contributed by atoms with Gasteiger partial charge < -0.3 is 5.32 Å². The Morgan fingerprint density at radius 3 is 2.86 bits per heavy atom. The van der Waals surface area contributed by atoms with E-state index in [9.17, 15) is 10.1 Å².